The molecule has 0 saturated carbocycles. The molecular weight excluding hydrogens is 508 g/mol. The van der Waals surface area contributed by atoms with Gasteiger partial charge in [-0.2, -0.15) is 0 Å². The Hall–Kier alpha value is -2.66. The van der Waals surface area contributed by atoms with Crippen LogP contribution in [-0.4, -0.2) is 17.6 Å². The highest BCUT2D eigenvalue weighted by Gasteiger charge is 2.13. The third-order valence-corrected chi connectivity index (χ3v) is 7.30. The minimum atomic E-state index is -0.422. The number of amides is 2. The maximum absolute atomic E-state index is 12.5. The lowest BCUT2D eigenvalue weighted by Crippen LogP contribution is -2.17. The topological polar surface area (TPSA) is 75.3 Å². The summed E-state index contributed by atoms with van der Waals surface area (Å²) in [5, 5.41) is 5.97. The van der Waals surface area contributed by atoms with Crippen LogP contribution in [0.5, 0.6) is 0 Å². The van der Waals surface area contributed by atoms with Gasteiger partial charge in [0.05, 0.1) is 17.1 Å². The van der Waals surface area contributed by atoms with Crippen molar-refractivity contribution in [3.63, 3.8) is 0 Å². The van der Waals surface area contributed by atoms with E-state index in [1.807, 2.05) is 0 Å². The first-order chi connectivity index (χ1) is 19.0. The monoisotopic (exact) mass is 554 g/mol. The Morgan fingerprint density at radius 2 is 1.13 bits per heavy atom. The van der Waals surface area contributed by atoms with E-state index >= 15 is 0 Å². The van der Waals surface area contributed by atoms with Gasteiger partial charge in [0.15, 0.2) is 5.78 Å². The van der Waals surface area contributed by atoms with Gasteiger partial charge in [0.2, 0.25) is 11.8 Å². The van der Waals surface area contributed by atoms with E-state index < -0.39 is 5.91 Å². The van der Waals surface area contributed by atoms with Gasteiger partial charge in [0, 0.05) is 17.7 Å². The predicted octanol–water partition coefficient (Wildman–Crippen LogP) is 9.75. The molecule has 2 aromatic rings. The van der Waals surface area contributed by atoms with E-state index in [0.717, 1.165) is 12.8 Å². The first-order valence-electron chi connectivity index (χ1n) is 15.0. The first-order valence-corrected chi connectivity index (χ1v) is 15.3. The number of anilines is 2. The Morgan fingerprint density at radius 1 is 0.615 bits per heavy atom. The third kappa shape index (κ3) is 14.9. The Labute approximate surface area is 240 Å². The number of carbonyl (C=O) groups excluding carboxylic acids is 3. The maximum atomic E-state index is 12.5. The summed E-state index contributed by atoms with van der Waals surface area (Å²) < 4.78 is 0. The van der Waals surface area contributed by atoms with Gasteiger partial charge in [0.25, 0.3) is 0 Å². The molecule has 0 fully saturated rings. The molecule has 0 bridgehead atoms. The zero-order valence-corrected chi connectivity index (χ0v) is 24.5. The van der Waals surface area contributed by atoms with Crippen LogP contribution in [0.25, 0.3) is 0 Å². The van der Waals surface area contributed by atoms with Crippen molar-refractivity contribution in [2.45, 2.75) is 116 Å². The van der Waals surface area contributed by atoms with Gasteiger partial charge in [0.1, 0.15) is 0 Å². The number of nitrogens with one attached hydrogen (secondary N) is 2. The summed E-state index contributed by atoms with van der Waals surface area (Å²) in [7, 11) is 0. The standard InChI is InChI=1S/C33H47ClN2O3/c1-2-3-4-5-6-7-8-9-10-11-12-13-14-15-16-21-32(38)35-28-24-22-27(23-25-28)31(37)26-33(39)36-30-20-18-17-19-29(30)34/h17-20,22-25H,2-16,21,26H2,1H3,(H,35,38)(H,36,39). The highest BCUT2D eigenvalue weighted by molar-refractivity contribution is 6.33. The molecule has 5 nitrogen and oxygen atoms in total. The Balaban J connectivity index is 1.50. The number of hydrogen-bond donors (Lipinski definition) is 2. The molecule has 0 radical (unpaired) electrons. The molecule has 0 spiro atoms. The van der Waals surface area contributed by atoms with Crippen molar-refractivity contribution in [2.75, 3.05) is 10.6 Å². The van der Waals surface area contributed by atoms with Gasteiger partial charge >= 0.3 is 0 Å². The molecule has 214 valence electrons. The van der Waals surface area contributed by atoms with Crippen LogP contribution in [0.2, 0.25) is 5.02 Å². The number of para-hydroxylation sites is 1. The molecule has 2 N–H and O–H groups in total. The fraction of sp³-hybridized carbons (Fsp3) is 0.545. The minimum Gasteiger partial charge on any atom is -0.326 e. The zero-order chi connectivity index (χ0) is 28.1. The van der Waals surface area contributed by atoms with E-state index in [1.165, 1.54) is 83.5 Å². The number of ketones is 1. The number of halogens is 1. The van der Waals surface area contributed by atoms with Crippen molar-refractivity contribution in [3.05, 3.63) is 59.1 Å². The smallest absolute Gasteiger partial charge is 0.232 e. The summed E-state index contributed by atoms with van der Waals surface area (Å²) in [6, 6.07) is 13.5. The average molecular weight is 555 g/mol. The molecular formula is C33H47ClN2O3. The SMILES string of the molecule is CCCCCCCCCCCCCCCCCC(=O)Nc1ccc(C(=O)CC(=O)Nc2ccccc2Cl)cc1. The van der Waals surface area contributed by atoms with Crippen LogP contribution in [0.1, 0.15) is 126 Å². The second kappa shape index (κ2) is 20.3. The highest BCUT2D eigenvalue weighted by atomic mass is 35.5. The maximum Gasteiger partial charge on any atom is 0.232 e. The van der Waals surface area contributed by atoms with E-state index in [1.54, 1.807) is 48.5 Å². The number of Topliss-reactive ketones (excluding diaryl/α,β-unsaturated/α-hetero) is 1. The molecule has 2 aromatic carbocycles. The highest BCUT2D eigenvalue weighted by Crippen LogP contribution is 2.21. The lowest BCUT2D eigenvalue weighted by Gasteiger charge is -2.08. The molecule has 39 heavy (non-hydrogen) atoms. The fourth-order valence-electron chi connectivity index (χ4n) is 4.62. The second-order valence-corrected chi connectivity index (χ2v) is 10.9. The van der Waals surface area contributed by atoms with E-state index in [0.29, 0.717) is 28.4 Å². The van der Waals surface area contributed by atoms with Crippen LogP contribution < -0.4 is 10.6 Å². The third-order valence-electron chi connectivity index (χ3n) is 6.97. The number of unbranched alkanes of at least 4 members (excludes halogenated alkanes) is 14. The summed E-state index contributed by atoms with van der Waals surface area (Å²) >= 11 is 6.04. The van der Waals surface area contributed by atoms with Gasteiger partial charge in [-0.15, -0.1) is 0 Å². The van der Waals surface area contributed by atoms with Gasteiger partial charge in [-0.05, 0) is 42.8 Å². The van der Waals surface area contributed by atoms with E-state index in [-0.39, 0.29) is 18.1 Å². The summed E-state index contributed by atoms with van der Waals surface area (Å²) in [5.41, 5.74) is 1.55. The Kier molecular flexibility index (Phi) is 16.9. The van der Waals surface area contributed by atoms with Crippen LogP contribution in [0, 0.1) is 0 Å². The first kappa shape index (κ1) is 32.6. The molecule has 0 aliphatic rings. The fourth-order valence-corrected chi connectivity index (χ4v) is 4.81. The van der Waals surface area contributed by atoms with Crippen molar-refractivity contribution >= 4 is 40.6 Å². The van der Waals surface area contributed by atoms with Crippen LogP contribution in [0.3, 0.4) is 0 Å². The normalized spacial score (nSPS) is 10.8. The molecule has 0 aliphatic carbocycles. The Bertz CT molecular complexity index is 991. The van der Waals surface area contributed by atoms with Crippen LogP contribution in [0.4, 0.5) is 11.4 Å². The van der Waals surface area contributed by atoms with Crippen LogP contribution >= 0.6 is 11.6 Å². The molecule has 2 rings (SSSR count). The van der Waals surface area contributed by atoms with Crippen molar-refractivity contribution in [3.8, 4) is 0 Å². The molecule has 6 heteroatoms. The number of benzene rings is 2. The lowest BCUT2D eigenvalue weighted by molar-refractivity contribution is -0.116. The quantitative estimate of drug-likeness (QED) is 0.0915. The molecule has 0 saturated heterocycles. The molecule has 2 amide bonds. The van der Waals surface area contributed by atoms with E-state index in [4.69, 9.17) is 11.6 Å². The second-order valence-electron chi connectivity index (χ2n) is 10.5. The summed E-state index contributed by atoms with van der Waals surface area (Å²) in [6.45, 7) is 2.27. The van der Waals surface area contributed by atoms with Crippen molar-refractivity contribution in [1.82, 2.24) is 0 Å². The lowest BCUT2D eigenvalue weighted by atomic mass is 10.0. The Morgan fingerprint density at radius 3 is 1.67 bits per heavy atom. The summed E-state index contributed by atoms with van der Waals surface area (Å²) in [4.78, 5) is 36.9. The number of carbonyl (C=O) groups is 3. The zero-order valence-electron chi connectivity index (χ0n) is 23.7. The molecule has 0 unspecified atom stereocenters. The predicted molar refractivity (Wildman–Crippen MR) is 164 cm³/mol. The van der Waals surface area contributed by atoms with Crippen molar-refractivity contribution < 1.29 is 14.4 Å². The molecule has 0 heterocycles. The number of rotatable bonds is 21. The van der Waals surface area contributed by atoms with Gasteiger partial charge in [-0.3, -0.25) is 14.4 Å². The van der Waals surface area contributed by atoms with Gasteiger partial charge in [-0.1, -0.05) is 121 Å². The number of hydrogen-bond acceptors (Lipinski definition) is 3. The average Bonchev–Trinajstić information content (AvgIpc) is 2.92. The largest absolute Gasteiger partial charge is 0.326 e. The van der Waals surface area contributed by atoms with Crippen molar-refractivity contribution in [2.24, 2.45) is 0 Å². The van der Waals surface area contributed by atoms with Crippen LogP contribution in [-0.2, 0) is 9.59 Å². The molecule has 0 aliphatic heterocycles. The van der Waals surface area contributed by atoms with Gasteiger partial charge < -0.3 is 10.6 Å². The molecule has 0 aromatic heterocycles. The summed E-state index contributed by atoms with van der Waals surface area (Å²) in [5.74, 6) is -0.730. The van der Waals surface area contributed by atoms with Gasteiger partial charge in [-0.25, -0.2) is 0 Å². The van der Waals surface area contributed by atoms with Crippen LogP contribution in [0.15, 0.2) is 48.5 Å². The van der Waals surface area contributed by atoms with E-state index in [9.17, 15) is 14.4 Å². The molecule has 0 atom stereocenters. The van der Waals surface area contributed by atoms with Crippen molar-refractivity contribution in [1.29, 1.82) is 0 Å². The summed E-state index contributed by atoms with van der Waals surface area (Å²) in [6.07, 6.45) is 19.7. The minimum absolute atomic E-state index is 0.0112. The van der Waals surface area contributed by atoms with E-state index in [2.05, 4.69) is 17.6 Å².